The zero-order valence-corrected chi connectivity index (χ0v) is 14.8. The van der Waals surface area contributed by atoms with E-state index in [4.69, 9.17) is 10.5 Å². The maximum atomic E-state index is 11.8. The molecule has 1 aliphatic rings. The standard InChI is InChI=1S/C20H20N4O2/c1-12-9-15(26-20(25)13-3-4-13)6-7-16(12)14-5-8-18(22-10-14)17-11-23-24(2)19(17)21/h5-11,13H,3-4,21H2,1-2H3. The molecular formula is C20H20N4O2. The molecule has 2 heterocycles. The highest BCUT2D eigenvalue weighted by Gasteiger charge is 2.31. The molecular weight excluding hydrogens is 328 g/mol. The number of benzene rings is 1. The lowest BCUT2D eigenvalue weighted by molar-refractivity contribution is -0.135. The largest absolute Gasteiger partial charge is 0.426 e. The minimum Gasteiger partial charge on any atom is -0.426 e. The number of anilines is 1. The summed E-state index contributed by atoms with van der Waals surface area (Å²) in [6.07, 6.45) is 5.41. The van der Waals surface area contributed by atoms with Gasteiger partial charge < -0.3 is 10.5 Å². The third-order valence-corrected chi connectivity index (χ3v) is 4.66. The fourth-order valence-electron chi connectivity index (χ4n) is 2.90. The van der Waals surface area contributed by atoms with Crippen molar-refractivity contribution < 1.29 is 9.53 Å². The number of rotatable bonds is 4. The molecule has 0 bridgehead atoms. The van der Waals surface area contributed by atoms with Gasteiger partial charge in [-0.25, -0.2) is 0 Å². The summed E-state index contributed by atoms with van der Waals surface area (Å²) in [6.45, 7) is 2.00. The topological polar surface area (TPSA) is 83.0 Å². The van der Waals surface area contributed by atoms with Crippen LogP contribution in [-0.2, 0) is 11.8 Å². The van der Waals surface area contributed by atoms with Gasteiger partial charge in [-0.1, -0.05) is 12.1 Å². The predicted octanol–water partition coefficient (Wildman–Crippen LogP) is 3.36. The SMILES string of the molecule is Cc1cc(OC(=O)C2CC2)ccc1-c1ccc(-c2cnn(C)c2N)nc1. The number of pyridine rings is 1. The van der Waals surface area contributed by atoms with Gasteiger partial charge in [-0.15, -0.1) is 0 Å². The molecule has 0 saturated heterocycles. The molecule has 1 aliphatic carbocycles. The van der Waals surface area contributed by atoms with Crippen molar-refractivity contribution in [2.24, 2.45) is 13.0 Å². The van der Waals surface area contributed by atoms with E-state index in [1.165, 1.54) is 0 Å². The lowest BCUT2D eigenvalue weighted by Crippen LogP contribution is -2.09. The van der Waals surface area contributed by atoms with Gasteiger partial charge >= 0.3 is 5.97 Å². The molecule has 132 valence electrons. The number of ether oxygens (including phenoxy) is 1. The van der Waals surface area contributed by atoms with Crippen LogP contribution in [0.25, 0.3) is 22.4 Å². The van der Waals surface area contributed by atoms with Crippen LogP contribution >= 0.6 is 0 Å². The number of nitrogens with zero attached hydrogens (tertiary/aromatic N) is 3. The number of aromatic nitrogens is 3. The lowest BCUT2D eigenvalue weighted by atomic mass is 10.0. The van der Waals surface area contributed by atoms with Crippen LogP contribution in [0.5, 0.6) is 5.75 Å². The van der Waals surface area contributed by atoms with Crippen molar-refractivity contribution in [2.75, 3.05) is 5.73 Å². The van der Waals surface area contributed by atoms with Crippen molar-refractivity contribution in [2.45, 2.75) is 19.8 Å². The van der Waals surface area contributed by atoms with Crippen molar-refractivity contribution in [1.29, 1.82) is 0 Å². The van der Waals surface area contributed by atoms with Crippen molar-refractivity contribution in [3.05, 3.63) is 48.3 Å². The van der Waals surface area contributed by atoms with Gasteiger partial charge in [0.2, 0.25) is 0 Å². The summed E-state index contributed by atoms with van der Waals surface area (Å²) < 4.78 is 7.05. The molecule has 1 fully saturated rings. The zero-order chi connectivity index (χ0) is 18.3. The van der Waals surface area contributed by atoms with Crippen molar-refractivity contribution in [1.82, 2.24) is 14.8 Å². The Morgan fingerprint density at radius 3 is 2.58 bits per heavy atom. The molecule has 2 aromatic heterocycles. The highest BCUT2D eigenvalue weighted by molar-refractivity contribution is 5.78. The molecule has 0 unspecified atom stereocenters. The van der Waals surface area contributed by atoms with E-state index >= 15 is 0 Å². The van der Waals surface area contributed by atoms with E-state index in [0.29, 0.717) is 11.6 Å². The number of aryl methyl sites for hydroxylation is 2. The van der Waals surface area contributed by atoms with E-state index in [9.17, 15) is 4.79 Å². The first-order chi connectivity index (χ1) is 12.5. The minimum atomic E-state index is -0.128. The Hall–Kier alpha value is -3.15. The maximum absolute atomic E-state index is 11.8. The third kappa shape index (κ3) is 3.06. The van der Waals surface area contributed by atoms with Crippen LogP contribution < -0.4 is 10.5 Å². The molecule has 1 saturated carbocycles. The number of carbonyl (C=O) groups is 1. The van der Waals surface area contributed by atoms with Crippen LogP contribution in [0.2, 0.25) is 0 Å². The molecule has 1 aromatic carbocycles. The number of hydrogen-bond acceptors (Lipinski definition) is 5. The van der Waals surface area contributed by atoms with E-state index in [0.717, 1.165) is 40.8 Å². The average Bonchev–Trinajstić information content (AvgIpc) is 3.43. The van der Waals surface area contributed by atoms with Gasteiger partial charge in [0.05, 0.1) is 23.4 Å². The van der Waals surface area contributed by atoms with Gasteiger partial charge in [0.15, 0.2) is 0 Å². The number of nitrogens with two attached hydrogens (primary N) is 1. The van der Waals surface area contributed by atoms with Crippen LogP contribution in [0.4, 0.5) is 5.82 Å². The fourth-order valence-corrected chi connectivity index (χ4v) is 2.90. The Morgan fingerprint density at radius 1 is 1.19 bits per heavy atom. The first kappa shape index (κ1) is 16.3. The van der Waals surface area contributed by atoms with Crippen molar-refractivity contribution in [3.8, 4) is 28.1 Å². The van der Waals surface area contributed by atoms with E-state index in [1.54, 1.807) is 17.9 Å². The van der Waals surface area contributed by atoms with Gasteiger partial charge in [-0.05, 0) is 49.1 Å². The number of esters is 1. The molecule has 3 aromatic rings. The Labute approximate surface area is 151 Å². The first-order valence-electron chi connectivity index (χ1n) is 8.59. The van der Waals surface area contributed by atoms with Crippen LogP contribution in [0, 0.1) is 12.8 Å². The summed E-state index contributed by atoms with van der Waals surface area (Å²) >= 11 is 0. The Morgan fingerprint density at radius 2 is 2.00 bits per heavy atom. The van der Waals surface area contributed by atoms with Crippen LogP contribution in [0.1, 0.15) is 18.4 Å². The Bertz CT molecular complexity index is 972. The van der Waals surface area contributed by atoms with E-state index < -0.39 is 0 Å². The quantitative estimate of drug-likeness (QED) is 0.577. The molecule has 0 amide bonds. The molecule has 4 rings (SSSR count). The summed E-state index contributed by atoms with van der Waals surface area (Å²) in [6, 6.07) is 9.62. The predicted molar refractivity (Wildman–Crippen MR) is 99.4 cm³/mol. The van der Waals surface area contributed by atoms with E-state index in [2.05, 4.69) is 10.1 Å². The van der Waals surface area contributed by atoms with E-state index in [-0.39, 0.29) is 11.9 Å². The monoisotopic (exact) mass is 348 g/mol. The molecule has 0 spiro atoms. The molecule has 26 heavy (non-hydrogen) atoms. The molecule has 0 atom stereocenters. The van der Waals surface area contributed by atoms with Crippen molar-refractivity contribution >= 4 is 11.8 Å². The van der Waals surface area contributed by atoms with Crippen molar-refractivity contribution in [3.63, 3.8) is 0 Å². The number of hydrogen-bond donors (Lipinski definition) is 1. The second-order valence-electron chi connectivity index (χ2n) is 6.67. The zero-order valence-electron chi connectivity index (χ0n) is 14.8. The van der Waals surface area contributed by atoms with Crippen LogP contribution in [0.15, 0.2) is 42.7 Å². The minimum absolute atomic E-state index is 0.0895. The van der Waals surface area contributed by atoms with Gasteiger partial charge in [0.25, 0.3) is 0 Å². The second kappa shape index (κ2) is 6.29. The summed E-state index contributed by atoms with van der Waals surface area (Å²) in [5.41, 5.74) is 10.7. The Balaban J connectivity index is 1.57. The molecule has 2 N–H and O–H groups in total. The van der Waals surface area contributed by atoms with Gasteiger partial charge in [-0.2, -0.15) is 5.10 Å². The summed E-state index contributed by atoms with van der Waals surface area (Å²) in [5.74, 6) is 1.14. The summed E-state index contributed by atoms with van der Waals surface area (Å²) in [4.78, 5) is 16.3. The highest BCUT2D eigenvalue weighted by atomic mass is 16.5. The number of carbonyl (C=O) groups excluding carboxylic acids is 1. The summed E-state index contributed by atoms with van der Waals surface area (Å²) in [5, 5.41) is 4.15. The summed E-state index contributed by atoms with van der Waals surface area (Å²) in [7, 11) is 1.80. The first-order valence-corrected chi connectivity index (χ1v) is 8.59. The van der Waals surface area contributed by atoms with E-state index in [1.807, 2.05) is 43.5 Å². The second-order valence-corrected chi connectivity index (χ2v) is 6.67. The van der Waals surface area contributed by atoms with Crippen LogP contribution in [-0.4, -0.2) is 20.7 Å². The van der Waals surface area contributed by atoms with Crippen LogP contribution in [0.3, 0.4) is 0 Å². The lowest BCUT2D eigenvalue weighted by Gasteiger charge is -2.10. The molecule has 0 aliphatic heterocycles. The average molecular weight is 348 g/mol. The molecule has 6 heteroatoms. The molecule has 6 nitrogen and oxygen atoms in total. The molecule has 0 radical (unpaired) electrons. The fraction of sp³-hybridized carbons (Fsp3) is 0.250. The normalized spacial score (nSPS) is 13.6. The van der Waals surface area contributed by atoms with Gasteiger partial charge in [-0.3, -0.25) is 14.5 Å². The smallest absolute Gasteiger partial charge is 0.314 e. The highest BCUT2D eigenvalue weighted by Crippen LogP contribution is 2.32. The van der Waals surface area contributed by atoms with Gasteiger partial charge in [0, 0.05) is 18.8 Å². The van der Waals surface area contributed by atoms with Gasteiger partial charge in [0.1, 0.15) is 11.6 Å². The number of nitrogen functional groups attached to an aromatic ring is 1. The Kier molecular flexibility index (Phi) is 3.95. The third-order valence-electron chi connectivity index (χ3n) is 4.66. The maximum Gasteiger partial charge on any atom is 0.314 e.